The van der Waals surface area contributed by atoms with Crippen molar-refractivity contribution in [2.45, 2.75) is 30.7 Å². The van der Waals surface area contributed by atoms with Crippen LogP contribution in [0.4, 0.5) is 5.00 Å². The lowest BCUT2D eigenvalue weighted by molar-refractivity contribution is 0.0601. The second-order valence-corrected chi connectivity index (χ2v) is 7.23. The number of rotatable bonds is 7. The lowest BCUT2D eigenvalue weighted by Crippen LogP contribution is -2.11. The highest BCUT2D eigenvalue weighted by Crippen LogP contribution is 2.35. The van der Waals surface area contributed by atoms with E-state index in [4.69, 9.17) is 15.2 Å². The van der Waals surface area contributed by atoms with Gasteiger partial charge in [-0.3, -0.25) is 4.79 Å². The molecule has 0 amide bonds. The van der Waals surface area contributed by atoms with Crippen molar-refractivity contribution in [3.05, 3.63) is 38.1 Å². The Morgan fingerprint density at radius 2 is 2.00 bits per heavy atom. The molecular formula is C16H19N3O5S2. The van der Waals surface area contributed by atoms with Crippen LogP contribution in [0.3, 0.4) is 0 Å². The van der Waals surface area contributed by atoms with Gasteiger partial charge >= 0.3 is 11.9 Å². The van der Waals surface area contributed by atoms with E-state index in [9.17, 15) is 14.4 Å². The quantitative estimate of drug-likeness (QED) is 0.414. The van der Waals surface area contributed by atoms with Gasteiger partial charge in [0.1, 0.15) is 9.88 Å². The Balaban J connectivity index is 2.38. The molecule has 0 radical (unpaired) electrons. The summed E-state index contributed by atoms with van der Waals surface area (Å²) in [6, 6.07) is 1.45. The molecule has 2 heterocycles. The topological polar surface area (TPSA) is 124 Å². The molecule has 140 valence electrons. The summed E-state index contributed by atoms with van der Waals surface area (Å²) in [6.45, 7) is 2.00. The van der Waals surface area contributed by atoms with E-state index >= 15 is 0 Å². The van der Waals surface area contributed by atoms with Gasteiger partial charge in [-0.1, -0.05) is 25.1 Å². The van der Waals surface area contributed by atoms with Crippen molar-refractivity contribution in [2.75, 3.05) is 20.0 Å². The van der Waals surface area contributed by atoms with Gasteiger partial charge < -0.3 is 20.2 Å². The summed E-state index contributed by atoms with van der Waals surface area (Å²) in [6.07, 6.45) is 1.55. The van der Waals surface area contributed by atoms with Gasteiger partial charge in [0.2, 0.25) is 0 Å². The van der Waals surface area contributed by atoms with E-state index < -0.39 is 11.9 Å². The molecular weight excluding hydrogens is 378 g/mol. The number of methoxy groups -OCH3 is 2. The van der Waals surface area contributed by atoms with Crippen molar-refractivity contribution in [3.63, 3.8) is 0 Å². The Hall–Kier alpha value is -2.33. The number of aromatic amines is 1. The minimum atomic E-state index is -0.634. The summed E-state index contributed by atoms with van der Waals surface area (Å²) in [5.74, 6) is -1.03. The second-order valence-electron chi connectivity index (χ2n) is 5.21. The predicted molar refractivity (Wildman–Crippen MR) is 99.8 cm³/mol. The maximum absolute atomic E-state index is 12.1. The summed E-state index contributed by atoms with van der Waals surface area (Å²) >= 11 is 2.16. The van der Waals surface area contributed by atoms with E-state index in [1.165, 1.54) is 32.0 Å². The van der Waals surface area contributed by atoms with E-state index in [1.807, 2.05) is 6.92 Å². The van der Waals surface area contributed by atoms with Crippen LogP contribution in [0.1, 0.15) is 44.6 Å². The average molecular weight is 397 g/mol. The first-order chi connectivity index (χ1) is 12.4. The number of nitrogens with one attached hydrogen (secondary N) is 1. The minimum absolute atomic E-state index is 0.137. The van der Waals surface area contributed by atoms with Crippen molar-refractivity contribution in [1.82, 2.24) is 9.97 Å². The lowest BCUT2D eigenvalue weighted by Gasteiger charge is -2.07. The summed E-state index contributed by atoms with van der Waals surface area (Å²) in [4.78, 5) is 43.1. The fourth-order valence-corrected chi connectivity index (χ4v) is 4.29. The fraction of sp³-hybridized carbons (Fsp3) is 0.375. The van der Waals surface area contributed by atoms with Gasteiger partial charge in [-0.15, -0.1) is 11.3 Å². The first kappa shape index (κ1) is 20.0. The number of hydrogen-bond acceptors (Lipinski definition) is 9. The molecule has 2 aromatic rings. The lowest BCUT2D eigenvalue weighted by atomic mass is 10.1. The van der Waals surface area contributed by atoms with Gasteiger partial charge in [-0.2, -0.15) is 0 Å². The van der Waals surface area contributed by atoms with E-state index in [2.05, 4.69) is 9.97 Å². The number of carbonyl (C=O) groups is 2. The van der Waals surface area contributed by atoms with Crippen LogP contribution in [0.5, 0.6) is 0 Å². The number of hydrogen-bond donors (Lipinski definition) is 2. The molecule has 0 unspecified atom stereocenters. The predicted octanol–water partition coefficient (Wildman–Crippen LogP) is 2.23. The minimum Gasteiger partial charge on any atom is -0.465 e. The molecule has 0 atom stereocenters. The highest BCUT2D eigenvalue weighted by Gasteiger charge is 2.27. The number of H-pyrrole nitrogens is 1. The first-order valence-electron chi connectivity index (χ1n) is 7.72. The van der Waals surface area contributed by atoms with Crippen molar-refractivity contribution in [2.24, 2.45) is 0 Å². The molecule has 2 rings (SSSR count). The third-order valence-electron chi connectivity index (χ3n) is 3.43. The van der Waals surface area contributed by atoms with Crippen molar-refractivity contribution in [1.29, 1.82) is 0 Å². The maximum Gasteiger partial charge on any atom is 0.348 e. The Morgan fingerprint density at radius 3 is 2.62 bits per heavy atom. The average Bonchev–Trinajstić information content (AvgIpc) is 2.94. The molecule has 10 heteroatoms. The highest BCUT2D eigenvalue weighted by molar-refractivity contribution is 7.98. The number of thioether (sulfide) groups is 1. The van der Waals surface area contributed by atoms with Gasteiger partial charge in [0, 0.05) is 23.1 Å². The summed E-state index contributed by atoms with van der Waals surface area (Å²) in [7, 11) is 2.49. The summed E-state index contributed by atoms with van der Waals surface area (Å²) in [5.41, 5.74) is 6.87. The van der Waals surface area contributed by atoms with Crippen LogP contribution in [-0.4, -0.2) is 36.1 Å². The Labute approximate surface area is 158 Å². The summed E-state index contributed by atoms with van der Waals surface area (Å²) < 4.78 is 9.52. The number of aryl methyl sites for hydroxylation is 1. The molecule has 0 aliphatic carbocycles. The molecule has 0 aromatic carbocycles. The van der Waals surface area contributed by atoms with E-state index in [0.717, 1.165) is 17.8 Å². The number of nitrogens with two attached hydrogens (primary N) is 1. The molecule has 3 N–H and O–H groups in total. The smallest absolute Gasteiger partial charge is 0.348 e. The number of esters is 2. The van der Waals surface area contributed by atoms with E-state index in [1.54, 1.807) is 0 Å². The fourth-order valence-electron chi connectivity index (χ4n) is 2.28. The number of aromatic nitrogens is 2. The zero-order valence-electron chi connectivity index (χ0n) is 14.6. The third-order valence-corrected chi connectivity index (χ3v) is 5.37. The second kappa shape index (κ2) is 8.86. The van der Waals surface area contributed by atoms with E-state index in [0.29, 0.717) is 22.8 Å². The van der Waals surface area contributed by atoms with Crippen molar-refractivity contribution >= 4 is 40.0 Å². The zero-order valence-corrected chi connectivity index (χ0v) is 16.2. The van der Waals surface area contributed by atoms with E-state index in [-0.39, 0.29) is 26.8 Å². The zero-order chi connectivity index (χ0) is 19.3. The molecule has 8 nitrogen and oxygen atoms in total. The molecule has 0 saturated carbocycles. The maximum atomic E-state index is 12.1. The van der Waals surface area contributed by atoms with Gasteiger partial charge in [-0.05, 0) is 6.42 Å². The normalized spacial score (nSPS) is 10.6. The molecule has 2 aromatic heterocycles. The van der Waals surface area contributed by atoms with Gasteiger partial charge in [0.05, 0.1) is 19.8 Å². The standard InChI is InChI=1S/C16H19N3O5S2/c1-4-5-8-6-10(20)19-16(18-8)25-7-9-11(14(21)23-2)13(17)26-12(9)15(22)24-3/h6H,4-5,7,17H2,1-3H3,(H,18,19,20). The number of nitrogen functional groups attached to an aromatic ring is 1. The molecule has 0 saturated heterocycles. The van der Waals surface area contributed by atoms with Crippen LogP contribution in [0.25, 0.3) is 0 Å². The molecule has 0 fully saturated rings. The molecule has 0 aliphatic rings. The molecule has 0 bridgehead atoms. The molecule has 26 heavy (non-hydrogen) atoms. The number of anilines is 1. The highest BCUT2D eigenvalue weighted by atomic mass is 32.2. The van der Waals surface area contributed by atoms with Crippen LogP contribution >= 0.6 is 23.1 Å². The van der Waals surface area contributed by atoms with Gasteiger partial charge in [0.25, 0.3) is 5.56 Å². The van der Waals surface area contributed by atoms with Crippen LogP contribution in [-0.2, 0) is 21.6 Å². The van der Waals surface area contributed by atoms with Crippen molar-refractivity contribution in [3.8, 4) is 0 Å². The van der Waals surface area contributed by atoms with Crippen LogP contribution in [0.15, 0.2) is 16.0 Å². The first-order valence-corrected chi connectivity index (χ1v) is 9.52. The monoisotopic (exact) mass is 397 g/mol. The SMILES string of the molecule is CCCc1cc(=O)[nH]c(SCc2c(C(=O)OC)sc(N)c2C(=O)OC)n1. The van der Waals surface area contributed by atoms with Crippen LogP contribution in [0.2, 0.25) is 0 Å². The Kier molecular flexibility index (Phi) is 6.81. The van der Waals surface area contributed by atoms with Gasteiger partial charge in [0.15, 0.2) is 5.16 Å². The van der Waals surface area contributed by atoms with Crippen LogP contribution < -0.4 is 11.3 Å². The number of nitrogens with zero attached hydrogens (tertiary/aromatic N) is 1. The van der Waals surface area contributed by atoms with Crippen molar-refractivity contribution < 1.29 is 19.1 Å². The number of ether oxygens (including phenoxy) is 2. The molecule has 0 aliphatic heterocycles. The third kappa shape index (κ3) is 4.44. The van der Waals surface area contributed by atoms with Gasteiger partial charge in [-0.25, -0.2) is 14.6 Å². The Bertz CT molecular complexity index is 875. The number of carbonyl (C=O) groups excluding carboxylic acids is 2. The Morgan fingerprint density at radius 1 is 1.31 bits per heavy atom. The summed E-state index contributed by atoms with van der Waals surface area (Å²) in [5, 5.41) is 0.575. The largest absolute Gasteiger partial charge is 0.465 e. The number of thiophene rings is 1. The van der Waals surface area contributed by atoms with Crippen LogP contribution in [0, 0.1) is 0 Å². The molecule has 0 spiro atoms.